The number of aliphatic hydroxyl groups excluding tert-OH is 2. The molecule has 54 heavy (non-hydrogen) atoms. The second-order valence-electron chi connectivity index (χ2n) is 14.1. The van der Waals surface area contributed by atoms with E-state index < -0.39 is 12.2 Å². The van der Waals surface area contributed by atoms with Crippen LogP contribution in [0.15, 0.2) is 86.2 Å². The molecule has 4 bridgehead atoms. The van der Waals surface area contributed by atoms with Crippen molar-refractivity contribution in [3.8, 4) is 11.5 Å². The molecule has 2 aromatic heterocycles. The molecule has 288 valence electrons. The van der Waals surface area contributed by atoms with E-state index in [2.05, 4.69) is 66.9 Å². The maximum atomic E-state index is 11.2. The van der Waals surface area contributed by atoms with Crippen molar-refractivity contribution in [1.29, 1.82) is 0 Å². The Labute approximate surface area is 356 Å². The summed E-state index contributed by atoms with van der Waals surface area (Å²) in [5.74, 6) is 4.22. The van der Waals surface area contributed by atoms with Crippen LogP contribution in [0.1, 0.15) is 66.1 Å². The number of methoxy groups -OCH3 is 1. The van der Waals surface area contributed by atoms with Crippen LogP contribution >= 0.6 is 9.24 Å². The number of hydrogen-bond acceptors (Lipinski definition) is 9. The predicted octanol–water partition coefficient (Wildman–Crippen LogP) is 4.73. The van der Waals surface area contributed by atoms with Crippen molar-refractivity contribution in [2.75, 3.05) is 45.7 Å². The second kappa shape index (κ2) is 22.0. The van der Waals surface area contributed by atoms with Gasteiger partial charge in [0.15, 0.2) is 0 Å². The Bertz CT molecular complexity index is 1830. The van der Waals surface area contributed by atoms with Gasteiger partial charge in [-0.3, -0.25) is 19.8 Å². The molecule has 0 saturated carbocycles. The van der Waals surface area contributed by atoms with Crippen molar-refractivity contribution in [1.82, 2.24) is 19.8 Å². The molecule has 6 saturated heterocycles. The van der Waals surface area contributed by atoms with Gasteiger partial charge in [0, 0.05) is 51.1 Å². The molecule has 3 N–H and O–H groups in total. The molecule has 11 atom stereocenters. The maximum Gasteiger partial charge on any atom is 1.00 e. The molecule has 6 aliphatic rings. The fourth-order valence-corrected chi connectivity index (χ4v) is 8.77. The molecule has 0 radical (unpaired) electrons. The van der Waals surface area contributed by atoms with Gasteiger partial charge in [-0.2, -0.15) is 5.75 Å². The van der Waals surface area contributed by atoms with Gasteiger partial charge in [-0.15, -0.1) is 22.4 Å². The SMILES string of the molecule is C=CC1CN2CCC1CC2[C@@H](O)c1ccnc2ccc(O)cc12.C=CC1CN2CCC1CC2[C@@H](O)c1ccnc2ccc(OC)cc12.CC[S-].[2H]C.[2H]CP.[Na+]. The molecule has 0 spiro atoms. The summed E-state index contributed by atoms with van der Waals surface area (Å²) in [7, 11) is 5.16. The maximum absolute atomic E-state index is 11.2. The van der Waals surface area contributed by atoms with E-state index in [9.17, 15) is 15.3 Å². The molecule has 10 rings (SSSR count). The predicted molar refractivity (Wildman–Crippen MR) is 225 cm³/mol. The number of phenols is 1. The first-order valence-electron chi connectivity index (χ1n) is 20.1. The van der Waals surface area contributed by atoms with Gasteiger partial charge in [-0.05, 0) is 122 Å². The Kier molecular flexibility index (Phi) is 17.6. The van der Waals surface area contributed by atoms with Gasteiger partial charge in [0.1, 0.15) is 11.5 Å². The minimum Gasteiger partial charge on any atom is -0.793 e. The van der Waals surface area contributed by atoms with Crippen LogP contribution < -0.4 is 34.3 Å². The van der Waals surface area contributed by atoms with Gasteiger partial charge in [0.25, 0.3) is 0 Å². The van der Waals surface area contributed by atoms with Gasteiger partial charge in [-0.1, -0.05) is 33.1 Å². The Morgan fingerprint density at radius 2 is 1.35 bits per heavy atom. The first-order valence-corrected chi connectivity index (χ1v) is 19.8. The zero-order chi connectivity index (χ0) is 40.1. The summed E-state index contributed by atoms with van der Waals surface area (Å²) in [6.07, 6.45) is 11.1. The number of aliphatic hydroxyl groups is 2. The monoisotopic (exact) mass is 784 g/mol. The van der Waals surface area contributed by atoms with E-state index in [1.165, 1.54) is 20.2 Å². The number of ether oxygens (including phenoxy) is 1. The second-order valence-corrected chi connectivity index (χ2v) is 14.6. The Hall–Kier alpha value is -2.04. The average molecular weight is 785 g/mol. The fourth-order valence-electron chi connectivity index (χ4n) is 8.77. The topological polar surface area (TPSA) is 102 Å². The van der Waals surface area contributed by atoms with Gasteiger partial charge >= 0.3 is 29.6 Å². The van der Waals surface area contributed by atoms with E-state index in [-0.39, 0.29) is 47.4 Å². The third-order valence-corrected chi connectivity index (χ3v) is 11.4. The number of rotatable bonds is 7. The number of hydrogen-bond donors (Lipinski definition) is 3. The zero-order valence-corrected chi connectivity index (χ0v) is 36.5. The van der Waals surface area contributed by atoms with Gasteiger partial charge in [0.05, 0.1) is 30.4 Å². The fraction of sp³-hybridized carbons (Fsp3) is 0.488. The number of piperidine rings is 6. The number of nitrogens with zero attached hydrogens (tertiary/aromatic N) is 4. The van der Waals surface area contributed by atoms with E-state index in [1.807, 2.05) is 37.3 Å². The first-order chi connectivity index (χ1) is 26.7. The molecular weight excluding hydrogens is 723 g/mol. The molecule has 6 fully saturated rings. The van der Waals surface area contributed by atoms with Gasteiger partial charge in [-0.25, -0.2) is 0 Å². The normalized spacial score (nSPS) is 27.5. The van der Waals surface area contributed by atoms with Crippen LogP contribution in [-0.4, -0.2) is 92.9 Å². The molecule has 9 unspecified atom stereocenters. The Morgan fingerprint density at radius 1 is 0.907 bits per heavy atom. The van der Waals surface area contributed by atoms with E-state index in [1.54, 1.807) is 37.7 Å². The van der Waals surface area contributed by atoms with Gasteiger partial charge < -0.3 is 32.7 Å². The molecule has 0 aliphatic carbocycles. The minimum atomic E-state index is -0.559. The summed E-state index contributed by atoms with van der Waals surface area (Å²) >= 11 is 4.39. The van der Waals surface area contributed by atoms with Crippen LogP contribution in [0, 0.1) is 23.7 Å². The van der Waals surface area contributed by atoms with E-state index in [0.29, 0.717) is 30.3 Å². The summed E-state index contributed by atoms with van der Waals surface area (Å²) in [4.78, 5) is 13.6. The smallest absolute Gasteiger partial charge is 0.793 e. The molecular formula is C43H60N4NaO4PS. The number of aromatic nitrogens is 2. The summed E-state index contributed by atoms with van der Waals surface area (Å²) in [6, 6.07) is 15.1. The number of pyridine rings is 2. The third-order valence-electron chi connectivity index (χ3n) is 11.4. The van der Waals surface area contributed by atoms with Crippen LogP contribution in [0.4, 0.5) is 0 Å². The number of aromatic hydroxyl groups is 1. The molecule has 2 aromatic carbocycles. The molecule has 8 heterocycles. The summed E-state index contributed by atoms with van der Waals surface area (Å²) in [6.45, 7) is 14.4. The Morgan fingerprint density at radius 3 is 1.76 bits per heavy atom. The van der Waals surface area contributed by atoms with Crippen molar-refractivity contribution in [2.24, 2.45) is 23.7 Å². The average Bonchev–Trinajstić information content (AvgIpc) is 3.24. The zero-order valence-electron chi connectivity index (χ0n) is 34.6. The Balaban J connectivity index is 0.000000250. The number of benzene rings is 2. The number of fused-ring (bicyclic) bond motifs is 8. The van der Waals surface area contributed by atoms with Crippen molar-refractivity contribution in [3.63, 3.8) is 0 Å². The van der Waals surface area contributed by atoms with Gasteiger partial charge in [0.2, 0.25) is 0 Å². The standard InChI is InChI=1S/C20H24N2O2.C19H22N2O2.C2H6S.CH5P.CH4.Na/c1-3-13-12-22-9-7-14(13)10-19(22)20(23)16-6-8-21-18-5-4-15(24-2)11-17(16)18;1-2-12-11-21-8-6-13(12)9-18(21)19(23)15-5-7-20-17-4-3-14(22)10-16(15)17;1-2-3;1-2;;/h3-6,8,11,13-14,19-20,23H,1,7,9-10,12H2,2H3;2-5,7,10,12-13,18-19,22-23H,1,6,8-9,11H2;3H,2H2,1H3;2H2,1H3;1H4;/q;;;;;+1/p-1/t13?,14?,19?,20-;12?,13?,18?,19-;;;;/m00..../s1/i;;;2*1D;. The van der Waals surface area contributed by atoms with Crippen LogP contribution in [0.2, 0.25) is 0 Å². The van der Waals surface area contributed by atoms with Crippen LogP contribution in [0.5, 0.6) is 11.5 Å². The molecule has 11 heteroatoms. The van der Waals surface area contributed by atoms with Crippen molar-refractivity contribution in [3.05, 3.63) is 97.4 Å². The quantitative estimate of drug-likeness (QED) is 0.106. The summed E-state index contributed by atoms with van der Waals surface area (Å²) in [5, 5.41) is 33.8. The number of phenolic OH excluding ortho intramolecular Hbond substituents is 1. The minimum absolute atomic E-state index is 0. The van der Waals surface area contributed by atoms with E-state index >= 15 is 0 Å². The van der Waals surface area contributed by atoms with Crippen LogP contribution in [0.3, 0.4) is 0 Å². The van der Waals surface area contributed by atoms with E-state index in [0.717, 1.165) is 83.5 Å². The first kappa shape index (κ1) is 43.1. The molecule has 6 aliphatic heterocycles. The van der Waals surface area contributed by atoms with Crippen molar-refractivity contribution < 1.29 is 52.4 Å². The van der Waals surface area contributed by atoms with Crippen LogP contribution in [0.25, 0.3) is 21.8 Å². The van der Waals surface area contributed by atoms with Crippen molar-refractivity contribution >= 4 is 43.7 Å². The third kappa shape index (κ3) is 10.3. The largest absolute Gasteiger partial charge is 1.00 e. The van der Waals surface area contributed by atoms with Crippen molar-refractivity contribution in [2.45, 2.75) is 64.3 Å². The summed E-state index contributed by atoms with van der Waals surface area (Å²) < 4.78 is 17.3. The summed E-state index contributed by atoms with van der Waals surface area (Å²) in [5.41, 5.74) is 3.51. The molecule has 8 nitrogen and oxygen atoms in total. The van der Waals surface area contributed by atoms with Crippen LogP contribution in [-0.2, 0) is 12.6 Å². The molecule has 0 amide bonds. The van der Waals surface area contributed by atoms with E-state index in [4.69, 9.17) is 7.48 Å². The molecule has 4 aromatic rings.